The first kappa shape index (κ1) is 6.92. The van der Waals surface area contributed by atoms with E-state index < -0.39 is 0 Å². The fourth-order valence-corrected chi connectivity index (χ4v) is 1.89. The van der Waals surface area contributed by atoms with Gasteiger partial charge in [0.1, 0.15) is 0 Å². The molecule has 2 heteroatoms. The Kier molecular flexibility index (Phi) is 1.50. The molecule has 1 aromatic heterocycles. The van der Waals surface area contributed by atoms with Crippen LogP contribution >= 0.6 is 15.9 Å². The molecular weight excluding hydrogens is 202 g/mol. The monoisotopic (exact) mass is 208 g/mol. The molecule has 1 heterocycles. The predicted molar refractivity (Wildman–Crippen MR) is 49.5 cm³/mol. The number of nitrogens with zero attached hydrogens (tertiary/aromatic N) is 1. The number of hydrogen-bond acceptors (Lipinski definition) is 0. The fourth-order valence-electron chi connectivity index (χ4n) is 1.25. The number of benzene rings is 1. The van der Waals surface area contributed by atoms with Crippen LogP contribution in [0, 0.1) is 6.07 Å². The minimum Gasteiger partial charge on any atom is -0.350 e. The summed E-state index contributed by atoms with van der Waals surface area (Å²) in [6, 6.07) is 9.06. The zero-order valence-corrected chi connectivity index (χ0v) is 7.72. The lowest BCUT2D eigenvalue weighted by Crippen LogP contribution is -1.83. The third-order valence-electron chi connectivity index (χ3n) is 1.78. The molecule has 2 rings (SSSR count). The van der Waals surface area contributed by atoms with Crippen molar-refractivity contribution >= 4 is 26.8 Å². The zero-order valence-electron chi connectivity index (χ0n) is 6.13. The third kappa shape index (κ3) is 0.979. The van der Waals surface area contributed by atoms with Gasteiger partial charge in [-0.05, 0) is 40.2 Å². The lowest BCUT2D eigenvalue weighted by molar-refractivity contribution is 0.967. The van der Waals surface area contributed by atoms with Crippen molar-refractivity contribution in [2.24, 2.45) is 7.05 Å². The number of fused-ring (bicyclic) bond motifs is 1. The van der Waals surface area contributed by atoms with E-state index in [0.29, 0.717) is 0 Å². The van der Waals surface area contributed by atoms with E-state index in [0.717, 1.165) is 4.47 Å². The summed E-state index contributed by atoms with van der Waals surface area (Å²) >= 11 is 3.47. The quantitative estimate of drug-likeness (QED) is 0.628. The number of aromatic nitrogens is 1. The molecule has 0 aliphatic heterocycles. The molecule has 0 saturated heterocycles. The van der Waals surface area contributed by atoms with Crippen molar-refractivity contribution in [3.63, 3.8) is 0 Å². The minimum atomic E-state index is 1.10. The molecule has 1 radical (unpaired) electrons. The summed E-state index contributed by atoms with van der Waals surface area (Å²) in [6.07, 6.45) is 2.04. The van der Waals surface area contributed by atoms with Crippen molar-refractivity contribution < 1.29 is 0 Å². The van der Waals surface area contributed by atoms with E-state index in [1.54, 1.807) is 0 Å². The highest BCUT2D eigenvalue weighted by molar-refractivity contribution is 9.10. The average molecular weight is 209 g/mol. The summed E-state index contributed by atoms with van der Waals surface area (Å²) in [6.45, 7) is 0. The molecule has 0 aliphatic carbocycles. The molecule has 1 nitrogen and oxygen atoms in total. The molecular formula is C9H7BrN. The van der Waals surface area contributed by atoms with Crippen LogP contribution in [0.15, 0.2) is 28.9 Å². The normalized spacial score (nSPS) is 10.7. The van der Waals surface area contributed by atoms with Gasteiger partial charge >= 0.3 is 0 Å². The maximum absolute atomic E-state index is 3.47. The molecule has 0 aliphatic rings. The number of halogens is 1. The molecule has 0 amide bonds. The highest BCUT2D eigenvalue weighted by atomic mass is 79.9. The van der Waals surface area contributed by atoms with E-state index in [1.807, 2.05) is 25.4 Å². The molecule has 0 bridgehead atoms. The van der Waals surface area contributed by atoms with Gasteiger partial charge in [0.2, 0.25) is 0 Å². The van der Waals surface area contributed by atoms with E-state index in [9.17, 15) is 0 Å². The highest BCUT2D eigenvalue weighted by Crippen LogP contribution is 2.23. The summed E-state index contributed by atoms with van der Waals surface area (Å²) in [5.74, 6) is 0. The summed E-state index contributed by atoms with van der Waals surface area (Å²) in [7, 11) is 2.03. The van der Waals surface area contributed by atoms with Crippen molar-refractivity contribution in [2.45, 2.75) is 0 Å². The maximum Gasteiger partial charge on any atom is 0.0622 e. The fraction of sp³-hybridized carbons (Fsp3) is 0.111. The molecule has 0 atom stereocenters. The molecule has 0 saturated carbocycles. The van der Waals surface area contributed by atoms with Crippen LogP contribution < -0.4 is 0 Å². The number of hydrogen-bond donors (Lipinski definition) is 0. The maximum atomic E-state index is 3.47. The first-order valence-electron chi connectivity index (χ1n) is 3.39. The minimum absolute atomic E-state index is 1.10. The van der Waals surface area contributed by atoms with Crippen LogP contribution in [0.2, 0.25) is 0 Å². The third-order valence-corrected chi connectivity index (χ3v) is 2.38. The van der Waals surface area contributed by atoms with Crippen molar-refractivity contribution in [3.8, 4) is 0 Å². The number of rotatable bonds is 0. The summed E-state index contributed by atoms with van der Waals surface area (Å²) in [5, 5.41) is 1.22. The second kappa shape index (κ2) is 2.38. The highest BCUT2D eigenvalue weighted by Gasteiger charge is 1.99. The Labute approximate surface area is 73.8 Å². The van der Waals surface area contributed by atoms with Gasteiger partial charge in [0.25, 0.3) is 0 Å². The van der Waals surface area contributed by atoms with E-state index in [-0.39, 0.29) is 0 Å². The Morgan fingerprint density at radius 3 is 3.00 bits per heavy atom. The molecule has 0 unspecified atom stereocenters. The Balaban J connectivity index is 2.96. The lowest BCUT2D eigenvalue weighted by atomic mass is 10.2. The van der Waals surface area contributed by atoms with Gasteiger partial charge in [0, 0.05) is 23.1 Å². The van der Waals surface area contributed by atoms with Gasteiger partial charge in [-0.3, -0.25) is 0 Å². The van der Waals surface area contributed by atoms with E-state index in [4.69, 9.17) is 0 Å². The Bertz CT molecular complexity index is 389. The van der Waals surface area contributed by atoms with Crippen LogP contribution in [0.4, 0.5) is 0 Å². The van der Waals surface area contributed by atoms with Gasteiger partial charge in [-0.2, -0.15) is 0 Å². The zero-order chi connectivity index (χ0) is 7.84. The van der Waals surface area contributed by atoms with Gasteiger partial charge in [0.15, 0.2) is 0 Å². The topological polar surface area (TPSA) is 4.93 Å². The Hall–Kier alpha value is -0.760. The van der Waals surface area contributed by atoms with Gasteiger partial charge in [-0.15, -0.1) is 0 Å². The molecule has 2 aromatic rings. The average Bonchev–Trinajstić information content (AvgIpc) is 2.34. The second-order valence-corrected chi connectivity index (χ2v) is 3.39. The summed E-state index contributed by atoms with van der Waals surface area (Å²) in [5.41, 5.74) is 1.23. The van der Waals surface area contributed by atoms with Gasteiger partial charge in [-0.25, -0.2) is 0 Å². The predicted octanol–water partition coefficient (Wildman–Crippen LogP) is 2.74. The van der Waals surface area contributed by atoms with Crippen molar-refractivity contribution in [3.05, 3.63) is 34.9 Å². The van der Waals surface area contributed by atoms with Gasteiger partial charge in [-0.1, -0.05) is 0 Å². The van der Waals surface area contributed by atoms with Crippen LogP contribution in [0.3, 0.4) is 0 Å². The first-order valence-corrected chi connectivity index (χ1v) is 4.19. The molecule has 0 fully saturated rings. The molecule has 11 heavy (non-hydrogen) atoms. The standard InChI is InChI=1S/C9H7BrN/c1-11-6-5-7-3-2-4-8(10)9(7)11/h3-6H,1H3. The van der Waals surface area contributed by atoms with Gasteiger partial charge in [0.05, 0.1) is 5.52 Å². The van der Waals surface area contributed by atoms with E-state index >= 15 is 0 Å². The van der Waals surface area contributed by atoms with E-state index in [2.05, 4.69) is 32.6 Å². The second-order valence-electron chi connectivity index (χ2n) is 2.53. The molecule has 55 valence electrons. The van der Waals surface area contributed by atoms with Crippen LogP contribution in [-0.4, -0.2) is 4.57 Å². The van der Waals surface area contributed by atoms with Crippen LogP contribution in [0.5, 0.6) is 0 Å². The van der Waals surface area contributed by atoms with Crippen LogP contribution in [0.25, 0.3) is 10.9 Å². The molecule has 0 spiro atoms. The summed E-state index contributed by atoms with van der Waals surface area (Å²) in [4.78, 5) is 0. The summed E-state index contributed by atoms with van der Waals surface area (Å²) < 4.78 is 3.19. The molecule has 0 N–H and O–H groups in total. The van der Waals surface area contributed by atoms with Crippen molar-refractivity contribution in [1.82, 2.24) is 4.57 Å². The smallest absolute Gasteiger partial charge is 0.0622 e. The Morgan fingerprint density at radius 2 is 2.27 bits per heavy atom. The van der Waals surface area contributed by atoms with Crippen LogP contribution in [0.1, 0.15) is 0 Å². The van der Waals surface area contributed by atoms with Crippen molar-refractivity contribution in [1.29, 1.82) is 0 Å². The van der Waals surface area contributed by atoms with Gasteiger partial charge < -0.3 is 4.57 Å². The molecule has 1 aromatic carbocycles. The lowest BCUT2D eigenvalue weighted by Gasteiger charge is -1.97. The van der Waals surface area contributed by atoms with E-state index in [1.165, 1.54) is 10.9 Å². The number of aryl methyl sites for hydroxylation is 1. The largest absolute Gasteiger partial charge is 0.350 e. The van der Waals surface area contributed by atoms with Crippen LogP contribution in [-0.2, 0) is 7.05 Å². The van der Waals surface area contributed by atoms with Crippen molar-refractivity contribution in [2.75, 3.05) is 0 Å². The SMILES string of the molecule is Cn1ccc2c[c]cc(Br)c21. The Morgan fingerprint density at radius 1 is 1.45 bits per heavy atom. The first-order chi connectivity index (χ1) is 5.29.